The minimum atomic E-state index is 0.780. The van der Waals surface area contributed by atoms with Gasteiger partial charge in [-0.05, 0) is 76.6 Å². The molecule has 0 saturated carbocycles. The summed E-state index contributed by atoms with van der Waals surface area (Å²) in [5, 5.41) is 1.37. The molecular weight excluding hydrogens is 532 g/mol. The summed E-state index contributed by atoms with van der Waals surface area (Å²) in [6, 6.07) is 47.7. The fourth-order valence-corrected chi connectivity index (χ4v) is 6.53. The summed E-state index contributed by atoms with van der Waals surface area (Å²) in [7, 11) is 0. The number of benzene rings is 5. The van der Waals surface area contributed by atoms with Gasteiger partial charge in [-0.25, -0.2) is 0 Å². The van der Waals surface area contributed by atoms with E-state index in [9.17, 15) is 0 Å². The highest BCUT2D eigenvalue weighted by Gasteiger charge is 2.18. The Bertz CT molecular complexity index is 2090. The second-order valence-electron chi connectivity index (χ2n) is 11.5. The van der Waals surface area contributed by atoms with Gasteiger partial charge in [0, 0.05) is 28.8 Å². The van der Waals surface area contributed by atoms with Crippen LogP contribution in [0.1, 0.15) is 40.8 Å². The van der Waals surface area contributed by atoms with Crippen molar-refractivity contribution in [1.82, 2.24) is 4.57 Å². The normalized spacial score (nSPS) is 14.4. The molecule has 2 nitrogen and oxygen atoms in total. The number of allylic oxidation sites excluding steroid dienone is 4. The van der Waals surface area contributed by atoms with Crippen molar-refractivity contribution in [2.24, 2.45) is 4.99 Å². The lowest BCUT2D eigenvalue weighted by atomic mass is 9.98. The Kier molecular flexibility index (Phi) is 6.73. The Balaban J connectivity index is 1.10. The molecule has 0 saturated heterocycles. The van der Waals surface area contributed by atoms with Crippen LogP contribution in [0.2, 0.25) is 0 Å². The van der Waals surface area contributed by atoms with Crippen LogP contribution in [-0.4, -0.2) is 10.3 Å². The van der Waals surface area contributed by atoms with Gasteiger partial charge in [0.2, 0.25) is 0 Å². The van der Waals surface area contributed by atoms with Crippen LogP contribution in [0, 0.1) is 0 Å². The lowest BCUT2D eigenvalue weighted by molar-refractivity contribution is 0.967. The predicted octanol–water partition coefficient (Wildman–Crippen LogP) is 10.6. The zero-order chi connectivity index (χ0) is 29.3. The monoisotopic (exact) mass is 564 g/mol. The third kappa shape index (κ3) is 4.85. The van der Waals surface area contributed by atoms with Crippen LogP contribution in [0.15, 0.2) is 157 Å². The van der Waals surface area contributed by atoms with Crippen molar-refractivity contribution in [2.45, 2.75) is 19.3 Å². The predicted molar refractivity (Wildman–Crippen MR) is 186 cm³/mol. The van der Waals surface area contributed by atoms with Crippen molar-refractivity contribution in [1.29, 1.82) is 0 Å². The zero-order valence-corrected chi connectivity index (χ0v) is 24.5. The number of para-hydroxylation sites is 1. The van der Waals surface area contributed by atoms with E-state index >= 15 is 0 Å². The summed E-state index contributed by atoms with van der Waals surface area (Å²) in [5.74, 6) is 0. The van der Waals surface area contributed by atoms with Gasteiger partial charge in [-0.2, -0.15) is 0 Å². The first kappa shape index (κ1) is 26.2. The molecule has 0 atom stereocenters. The molecule has 1 aliphatic carbocycles. The Hall–Kier alpha value is -5.47. The maximum atomic E-state index is 5.15. The standard InChI is InChI=1S/C42H32N2/c1-3-11-33(12-4-1)39-28-25-35(29-40(43-39)34-13-5-2-6-14-34)32-21-19-30(20-22-32)31-23-26-36(27-24-31)44-41-17-9-7-15-37(41)38-16-8-10-18-42(38)44/h1-7,9-15,17-27,29H,8,16,28H2. The van der Waals surface area contributed by atoms with Gasteiger partial charge in [0.05, 0.1) is 16.9 Å². The topological polar surface area (TPSA) is 17.3 Å². The molecule has 2 heteroatoms. The molecule has 0 unspecified atom stereocenters. The zero-order valence-electron chi connectivity index (χ0n) is 24.5. The van der Waals surface area contributed by atoms with Crippen LogP contribution in [0.4, 0.5) is 0 Å². The van der Waals surface area contributed by atoms with Crippen LogP contribution in [0.5, 0.6) is 0 Å². The average Bonchev–Trinajstić information content (AvgIpc) is 3.27. The number of aromatic nitrogens is 1. The van der Waals surface area contributed by atoms with Gasteiger partial charge in [-0.1, -0.05) is 127 Å². The van der Waals surface area contributed by atoms with Crippen molar-refractivity contribution in [3.05, 3.63) is 180 Å². The number of hydrogen-bond acceptors (Lipinski definition) is 1. The fraction of sp³-hybridized carbons (Fsp3) is 0.0714. The van der Waals surface area contributed by atoms with Gasteiger partial charge in [0.15, 0.2) is 0 Å². The molecule has 1 aliphatic heterocycles. The minimum absolute atomic E-state index is 0.780. The SMILES string of the molecule is C1=Cc2c(c3ccccc3n2-c2ccc(-c3ccc(C4=CCC(c5ccccc5)=NC(c5ccccc5)=C4)cc3)cc2)CC1. The third-order valence-corrected chi connectivity index (χ3v) is 8.77. The highest BCUT2D eigenvalue weighted by molar-refractivity contribution is 6.07. The summed E-state index contributed by atoms with van der Waals surface area (Å²) in [4.78, 5) is 5.15. The van der Waals surface area contributed by atoms with Crippen LogP contribution in [0.25, 0.3) is 45.1 Å². The lowest BCUT2D eigenvalue weighted by Gasteiger charge is -2.13. The second kappa shape index (κ2) is 11.3. The van der Waals surface area contributed by atoms with Crippen LogP contribution >= 0.6 is 0 Å². The van der Waals surface area contributed by atoms with Crippen molar-refractivity contribution < 1.29 is 0 Å². The summed E-state index contributed by atoms with van der Waals surface area (Å²) < 4.78 is 2.41. The van der Waals surface area contributed by atoms with Gasteiger partial charge in [0.25, 0.3) is 0 Å². The van der Waals surface area contributed by atoms with E-state index in [-0.39, 0.29) is 0 Å². The van der Waals surface area contributed by atoms with E-state index in [4.69, 9.17) is 4.99 Å². The Labute approximate surface area is 258 Å². The Morgan fingerprint density at radius 2 is 1.20 bits per heavy atom. The first-order chi connectivity index (χ1) is 21.8. The molecule has 0 amide bonds. The van der Waals surface area contributed by atoms with Crippen LogP contribution in [-0.2, 0) is 6.42 Å². The van der Waals surface area contributed by atoms with Crippen molar-refractivity contribution in [3.63, 3.8) is 0 Å². The number of aliphatic imine (C=N–C) groups is 1. The molecule has 0 spiro atoms. The maximum Gasteiger partial charge on any atom is 0.0711 e. The summed E-state index contributed by atoms with van der Waals surface area (Å²) >= 11 is 0. The van der Waals surface area contributed by atoms with Crippen LogP contribution < -0.4 is 0 Å². The molecule has 5 aromatic carbocycles. The van der Waals surface area contributed by atoms with E-state index in [2.05, 4.69) is 162 Å². The van der Waals surface area contributed by atoms with Gasteiger partial charge >= 0.3 is 0 Å². The summed E-state index contributed by atoms with van der Waals surface area (Å²) in [5.41, 5.74) is 14.4. The van der Waals surface area contributed by atoms with Crippen molar-refractivity contribution in [3.8, 4) is 16.8 Å². The van der Waals surface area contributed by atoms with Crippen molar-refractivity contribution >= 4 is 34.0 Å². The van der Waals surface area contributed by atoms with E-state index in [1.165, 1.54) is 50.1 Å². The third-order valence-electron chi connectivity index (χ3n) is 8.77. The van der Waals surface area contributed by atoms with Gasteiger partial charge in [-0.15, -0.1) is 0 Å². The van der Waals surface area contributed by atoms with E-state index < -0.39 is 0 Å². The molecule has 44 heavy (non-hydrogen) atoms. The molecule has 0 radical (unpaired) electrons. The van der Waals surface area contributed by atoms with Gasteiger partial charge in [-0.3, -0.25) is 4.99 Å². The molecule has 0 N–H and O–H groups in total. The smallest absolute Gasteiger partial charge is 0.0711 e. The first-order valence-corrected chi connectivity index (χ1v) is 15.4. The first-order valence-electron chi connectivity index (χ1n) is 15.4. The van der Waals surface area contributed by atoms with E-state index in [1.807, 2.05) is 0 Å². The molecular formula is C42H32N2. The summed E-state index contributed by atoms with van der Waals surface area (Å²) in [6.07, 6.45) is 12.1. The van der Waals surface area contributed by atoms with E-state index in [0.717, 1.165) is 41.8 Å². The van der Waals surface area contributed by atoms with Gasteiger partial charge in [0.1, 0.15) is 0 Å². The average molecular weight is 565 g/mol. The molecule has 6 aromatic rings. The molecule has 0 bridgehead atoms. The Morgan fingerprint density at radius 3 is 1.95 bits per heavy atom. The molecule has 8 rings (SSSR count). The number of fused-ring (bicyclic) bond motifs is 3. The van der Waals surface area contributed by atoms with Crippen LogP contribution in [0.3, 0.4) is 0 Å². The largest absolute Gasteiger partial charge is 0.310 e. The lowest BCUT2D eigenvalue weighted by Crippen LogP contribution is -2.00. The maximum absolute atomic E-state index is 5.15. The number of nitrogens with zero attached hydrogens (tertiary/aromatic N) is 2. The number of aryl methyl sites for hydroxylation is 1. The highest BCUT2D eigenvalue weighted by Crippen LogP contribution is 2.35. The molecule has 2 heterocycles. The Morgan fingerprint density at radius 1 is 0.568 bits per heavy atom. The molecule has 1 aromatic heterocycles. The number of hydrogen-bond donors (Lipinski definition) is 0. The fourth-order valence-electron chi connectivity index (χ4n) is 6.53. The highest BCUT2D eigenvalue weighted by atomic mass is 15.0. The van der Waals surface area contributed by atoms with E-state index in [1.54, 1.807) is 0 Å². The quantitative estimate of drug-likeness (QED) is 0.198. The van der Waals surface area contributed by atoms with Gasteiger partial charge < -0.3 is 4.57 Å². The molecule has 210 valence electrons. The molecule has 0 fully saturated rings. The van der Waals surface area contributed by atoms with E-state index in [0.29, 0.717) is 0 Å². The number of rotatable bonds is 5. The van der Waals surface area contributed by atoms with Crippen molar-refractivity contribution in [2.75, 3.05) is 0 Å². The minimum Gasteiger partial charge on any atom is -0.310 e. The summed E-state index contributed by atoms with van der Waals surface area (Å²) in [6.45, 7) is 0. The molecule has 2 aliphatic rings. The second-order valence-corrected chi connectivity index (χ2v) is 11.5.